The molecule has 4 unspecified atom stereocenters. The van der Waals surface area contributed by atoms with Crippen molar-refractivity contribution in [3.63, 3.8) is 0 Å². The normalized spacial score (nSPS) is 31.2. The quantitative estimate of drug-likeness (QED) is 0.715. The van der Waals surface area contributed by atoms with Crippen LogP contribution in [0.3, 0.4) is 0 Å². The Morgan fingerprint density at radius 1 is 1.28 bits per heavy atom. The monoisotopic (exact) mass is 367 g/mol. The van der Waals surface area contributed by atoms with Crippen molar-refractivity contribution in [2.45, 2.75) is 58.8 Å². The third-order valence-electron chi connectivity index (χ3n) is 6.47. The number of nitrogens with zero attached hydrogens (tertiary/aromatic N) is 2. The minimum absolute atomic E-state index is 0.168. The third-order valence-corrected chi connectivity index (χ3v) is 7.10. The van der Waals surface area contributed by atoms with Crippen molar-refractivity contribution in [1.29, 1.82) is 0 Å². The van der Waals surface area contributed by atoms with Crippen molar-refractivity contribution in [3.05, 3.63) is 11.8 Å². The van der Waals surface area contributed by atoms with Crippen LogP contribution in [0.1, 0.15) is 58.8 Å². The average Bonchev–Trinajstić information content (AvgIpc) is 2.63. The molecule has 142 valence electrons. The number of hydrogen-bond donors (Lipinski definition) is 0. The van der Waals surface area contributed by atoms with E-state index in [9.17, 15) is 13.6 Å². The van der Waals surface area contributed by atoms with Crippen LogP contribution >= 0.6 is 0 Å². The van der Waals surface area contributed by atoms with Gasteiger partial charge in [0.15, 0.2) is 0 Å². The van der Waals surface area contributed by atoms with Gasteiger partial charge in [-0.3, -0.25) is 9.00 Å². The summed E-state index contributed by atoms with van der Waals surface area (Å²) >= 11 is -2.60. The minimum Gasteiger partial charge on any atom is -0.766 e. The third kappa shape index (κ3) is 4.01. The average molecular weight is 368 g/mol. The molecule has 2 aliphatic heterocycles. The molecule has 0 amide bonds. The number of carbonyl (C=O) groups is 1. The van der Waals surface area contributed by atoms with Crippen LogP contribution in [0.2, 0.25) is 0 Å². The van der Waals surface area contributed by atoms with Crippen LogP contribution < -0.4 is 0 Å². The van der Waals surface area contributed by atoms with Crippen molar-refractivity contribution in [1.82, 2.24) is 10.0 Å². The molecule has 0 aromatic carbocycles. The zero-order chi connectivity index (χ0) is 18.0. The van der Waals surface area contributed by atoms with E-state index < -0.39 is 16.2 Å². The van der Waals surface area contributed by atoms with Crippen molar-refractivity contribution < 1.29 is 13.6 Å². The Bertz CT molecular complexity index is 543. The number of piperidine rings is 2. The first-order chi connectivity index (χ1) is 12.0. The first kappa shape index (κ1) is 19.1. The predicted molar refractivity (Wildman–Crippen MR) is 97.9 cm³/mol. The fourth-order valence-electron chi connectivity index (χ4n) is 5.01. The molecule has 3 rings (SSSR count). The smallest absolute Gasteiger partial charge is 0.208 e. The lowest BCUT2D eigenvalue weighted by atomic mass is 9.71. The molecule has 2 saturated heterocycles. The molecule has 0 saturated carbocycles. The summed E-state index contributed by atoms with van der Waals surface area (Å²) in [5.41, 5.74) is 1.36. The number of hydrazine groups is 1. The van der Waals surface area contributed by atoms with Gasteiger partial charge in [0.2, 0.25) is 5.12 Å². The van der Waals surface area contributed by atoms with E-state index in [0.29, 0.717) is 12.3 Å². The molecule has 0 aromatic heterocycles. The zero-order valence-electron chi connectivity index (χ0n) is 15.5. The van der Waals surface area contributed by atoms with Crippen LogP contribution in [-0.2, 0) is 15.9 Å². The molecule has 5 nitrogen and oxygen atoms in total. The highest BCUT2D eigenvalue weighted by molar-refractivity contribution is 7.95. The summed E-state index contributed by atoms with van der Waals surface area (Å²) in [6.45, 7) is 7.40. The minimum atomic E-state index is -2.60. The summed E-state index contributed by atoms with van der Waals surface area (Å²) < 4.78 is 22.5. The van der Waals surface area contributed by atoms with E-state index in [2.05, 4.69) is 23.0 Å². The molecule has 0 bridgehead atoms. The second-order valence-corrected chi connectivity index (χ2v) is 8.82. The highest BCUT2D eigenvalue weighted by Crippen LogP contribution is 2.44. The van der Waals surface area contributed by atoms with Gasteiger partial charge in [0.05, 0.1) is 0 Å². The van der Waals surface area contributed by atoms with E-state index >= 15 is 0 Å². The van der Waals surface area contributed by atoms with Crippen molar-refractivity contribution in [3.8, 4) is 0 Å². The molecule has 2 heterocycles. The van der Waals surface area contributed by atoms with Gasteiger partial charge in [0, 0.05) is 48.2 Å². The Labute approximate surface area is 154 Å². The Morgan fingerprint density at radius 2 is 2.00 bits per heavy atom. The lowest BCUT2D eigenvalue weighted by Crippen LogP contribution is -2.53. The molecule has 2 fully saturated rings. The lowest BCUT2D eigenvalue weighted by Gasteiger charge is -2.51. The number of hydrogen-bond acceptors (Lipinski definition) is 5. The first-order valence-electron chi connectivity index (χ1n) is 9.88. The van der Waals surface area contributed by atoms with E-state index in [-0.39, 0.29) is 11.8 Å². The summed E-state index contributed by atoms with van der Waals surface area (Å²) in [5.74, 6) is 0.952. The van der Waals surface area contributed by atoms with Crippen molar-refractivity contribution in [2.75, 3.05) is 19.6 Å². The summed E-state index contributed by atoms with van der Waals surface area (Å²) in [6, 6.07) is 0. The number of rotatable bonds is 4. The topological polar surface area (TPSA) is 63.7 Å². The van der Waals surface area contributed by atoms with Gasteiger partial charge in [-0.1, -0.05) is 19.9 Å². The highest BCUT2D eigenvalue weighted by Gasteiger charge is 2.42. The Balaban J connectivity index is 1.78. The Hall–Kier alpha value is -0.720. The van der Waals surface area contributed by atoms with Gasteiger partial charge in [0.1, 0.15) is 0 Å². The summed E-state index contributed by atoms with van der Waals surface area (Å²) in [7, 11) is 0. The van der Waals surface area contributed by atoms with E-state index in [1.54, 1.807) is 0 Å². The van der Waals surface area contributed by atoms with E-state index in [4.69, 9.17) is 0 Å². The van der Waals surface area contributed by atoms with Gasteiger partial charge in [-0.15, -0.1) is 0 Å². The van der Waals surface area contributed by atoms with Crippen LogP contribution in [0, 0.1) is 23.7 Å². The summed E-state index contributed by atoms with van der Waals surface area (Å²) in [5, 5.41) is 4.38. The summed E-state index contributed by atoms with van der Waals surface area (Å²) in [4.78, 5) is 12.2. The molecule has 3 aliphatic rings. The molecule has 0 aromatic rings. The second kappa shape index (κ2) is 8.31. The lowest BCUT2D eigenvalue weighted by molar-refractivity contribution is -0.119. The molecule has 1 aliphatic carbocycles. The number of allylic oxidation sites excluding steroid dienone is 2. The maximum absolute atomic E-state index is 12.2. The second-order valence-electron chi connectivity index (χ2n) is 7.95. The van der Waals surface area contributed by atoms with Crippen LogP contribution in [0.4, 0.5) is 0 Å². The molecule has 25 heavy (non-hydrogen) atoms. The Morgan fingerprint density at radius 3 is 2.64 bits per heavy atom. The van der Waals surface area contributed by atoms with Gasteiger partial charge in [-0.25, -0.2) is 5.01 Å². The van der Waals surface area contributed by atoms with Gasteiger partial charge in [-0.2, -0.15) is 0 Å². The SMILES string of the molecule is CCC(C(=O)S(=O)[O-])C1CCN(N2CCC(C)CC2)C2=CCCCC21. The highest BCUT2D eigenvalue weighted by atomic mass is 32.2. The van der Waals surface area contributed by atoms with Crippen LogP contribution in [0.15, 0.2) is 11.8 Å². The fourth-order valence-corrected chi connectivity index (χ4v) is 5.60. The van der Waals surface area contributed by atoms with Crippen LogP contribution in [0.25, 0.3) is 0 Å². The molecule has 0 spiro atoms. The Kier molecular flexibility index (Phi) is 6.34. The first-order valence-corrected chi connectivity index (χ1v) is 11.0. The number of fused-ring (bicyclic) bond motifs is 1. The fraction of sp³-hybridized carbons (Fsp3) is 0.842. The van der Waals surface area contributed by atoms with Crippen LogP contribution in [0.5, 0.6) is 0 Å². The van der Waals surface area contributed by atoms with E-state index in [1.807, 2.05) is 6.92 Å². The maximum atomic E-state index is 12.2. The van der Waals surface area contributed by atoms with Crippen molar-refractivity contribution >= 4 is 16.2 Å². The van der Waals surface area contributed by atoms with Gasteiger partial charge < -0.3 is 9.56 Å². The number of carbonyl (C=O) groups excluding carboxylic acids is 1. The standard InChI is InChI=1S/C19H32N2O3S/c1-3-15(19(22)25(23)24)16-10-13-21(18-7-5-4-6-17(16)18)20-11-8-14(2)9-12-20/h7,14-17H,3-6,8-13H2,1-2H3,(H,23,24)/p-1. The molecular formula is C19H31N2O3S-. The van der Waals surface area contributed by atoms with E-state index in [0.717, 1.165) is 51.2 Å². The van der Waals surface area contributed by atoms with Gasteiger partial charge in [0.25, 0.3) is 0 Å². The summed E-state index contributed by atoms with van der Waals surface area (Å²) in [6.07, 6.45) is 9.67. The largest absolute Gasteiger partial charge is 0.766 e. The van der Waals surface area contributed by atoms with Gasteiger partial charge in [-0.05, 0) is 56.8 Å². The predicted octanol–water partition coefficient (Wildman–Crippen LogP) is 3.07. The zero-order valence-corrected chi connectivity index (χ0v) is 16.3. The molecule has 0 radical (unpaired) electrons. The van der Waals surface area contributed by atoms with Crippen LogP contribution in [-0.4, -0.2) is 43.5 Å². The van der Waals surface area contributed by atoms with Gasteiger partial charge >= 0.3 is 0 Å². The van der Waals surface area contributed by atoms with E-state index in [1.165, 1.54) is 18.5 Å². The van der Waals surface area contributed by atoms with Crippen molar-refractivity contribution in [2.24, 2.45) is 23.7 Å². The molecule has 4 atom stereocenters. The molecule has 0 N–H and O–H groups in total. The maximum Gasteiger partial charge on any atom is 0.208 e. The molecular weight excluding hydrogens is 336 g/mol. The molecule has 6 heteroatoms.